The largest absolute Gasteiger partial charge is 0.397 e. The summed E-state index contributed by atoms with van der Waals surface area (Å²) >= 11 is 0. The number of hydrogen-bond donors (Lipinski definition) is 3. The van der Waals surface area contributed by atoms with Crippen LogP contribution in [0.5, 0.6) is 0 Å². The molecule has 118 valence electrons. The minimum Gasteiger partial charge on any atom is -0.397 e. The van der Waals surface area contributed by atoms with Crippen LogP contribution in [0.25, 0.3) is 0 Å². The molecule has 0 aromatic heterocycles. The van der Waals surface area contributed by atoms with E-state index in [1.807, 2.05) is 13.8 Å². The van der Waals surface area contributed by atoms with E-state index in [1.165, 1.54) is 12.1 Å². The summed E-state index contributed by atoms with van der Waals surface area (Å²) < 4.78 is 13.0. The van der Waals surface area contributed by atoms with Crippen LogP contribution in [0.4, 0.5) is 21.5 Å². The third-order valence-electron chi connectivity index (χ3n) is 4.03. The van der Waals surface area contributed by atoms with Crippen molar-refractivity contribution in [3.63, 3.8) is 0 Å². The maximum Gasteiger partial charge on any atom is 0.255 e. The second-order valence-electron chi connectivity index (χ2n) is 6.03. The van der Waals surface area contributed by atoms with E-state index in [0.717, 1.165) is 11.6 Å². The van der Waals surface area contributed by atoms with Gasteiger partial charge in [-0.25, -0.2) is 4.39 Å². The Hall–Kier alpha value is -2.89. The van der Waals surface area contributed by atoms with Crippen LogP contribution >= 0.6 is 0 Å². The van der Waals surface area contributed by atoms with Crippen LogP contribution < -0.4 is 16.4 Å². The first-order valence-electron chi connectivity index (χ1n) is 7.11. The third kappa shape index (κ3) is 2.52. The van der Waals surface area contributed by atoms with E-state index in [2.05, 4.69) is 10.6 Å². The lowest BCUT2D eigenvalue weighted by Gasteiger charge is -2.15. The topological polar surface area (TPSA) is 84.2 Å². The van der Waals surface area contributed by atoms with Gasteiger partial charge in [0.15, 0.2) is 0 Å². The number of nitrogens with two attached hydrogens (primary N) is 1. The second-order valence-corrected chi connectivity index (χ2v) is 6.03. The van der Waals surface area contributed by atoms with E-state index in [4.69, 9.17) is 5.73 Å². The van der Waals surface area contributed by atoms with E-state index in [9.17, 15) is 14.0 Å². The minimum absolute atomic E-state index is 0.104. The molecule has 23 heavy (non-hydrogen) atoms. The molecule has 2 aromatic rings. The molecule has 0 radical (unpaired) electrons. The predicted octanol–water partition coefficient (Wildman–Crippen LogP) is 2.89. The molecule has 3 rings (SSSR count). The molecule has 0 saturated heterocycles. The zero-order valence-electron chi connectivity index (χ0n) is 12.7. The van der Waals surface area contributed by atoms with Crippen LogP contribution in [0.1, 0.15) is 29.8 Å². The number of fused-ring (bicyclic) bond motifs is 1. The molecule has 1 aliphatic rings. The molecule has 0 fully saturated rings. The van der Waals surface area contributed by atoms with Gasteiger partial charge < -0.3 is 16.4 Å². The molecular weight excluding hydrogens is 297 g/mol. The molecule has 0 aliphatic carbocycles. The van der Waals surface area contributed by atoms with E-state index in [-0.39, 0.29) is 17.5 Å². The summed E-state index contributed by atoms with van der Waals surface area (Å²) in [6.07, 6.45) is 0. The summed E-state index contributed by atoms with van der Waals surface area (Å²) in [6.45, 7) is 3.65. The van der Waals surface area contributed by atoms with Gasteiger partial charge in [0, 0.05) is 11.3 Å². The highest BCUT2D eigenvalue weighted by molar-refractivity contribution is 6.10. The zero-order valence-corrected chi connectivity index (χ0v) is 12.7. The number of halogens is 1. The maximum absolute atomic E-state index is 13.0. The quantitative estimate of drug-likeness (QED) is 0.745. The van der Waals surface area contributed by atoms with E-state index < -0.39 is 11.2 Å². The SMILES string of the molecule is CC1(C)C(=O)Nc2cc(C(=O)Nc3ccc(F)cc3N)ccc21. The molecule has 2 aromatic carbocycles. The number of carbonyl (C=O) groups excluding carboxylic acids is 2. The minimum atomic E-state index is -0.619. The van der Waals surface area contributed by atoms with Crippen molar-refractivity contribution in [2.45, 2.75) is 19.3 Å². The third-order valence-corrected chi connectivity index (χ3v) is 4.03. The Kier molecular flexibility index (Phi) is 3.32. The molecule has 2 amide bonds. The van der Waals surface area contributed by atoms with Gasteiger partial charge in [-0.3, -0.25) is 9.59 Å². The summed E-state index contributed by atoms with van der Waals surface area (Å²) in [5, 5.41) is 5.41. The van der Waals surface area contributed by atoms with Crippen LogP contribution in [-0.4, -0.2) is 11.8 Å². The van der Waals surface area contributed by atoms with E-state index in [0.29, 0.717) is 16.9 Å². The number of nitrogens with one attached hydrogen (secondary N) is 2. The number of rotatable bonds is 2. The summed E-state index contributed by atoms with van der Waals surface area (Å²) in [5.41, 5.74) is 7.39. The van der Waals surface area contributed by atoms with Crippen LogP contribution in [0, 0.1) is 5.82 Å². The van der Waals surface area contributed by atoms with Crippen molar-refractivity contribution in [1.82, 2.24) is 0 Å². The van der Waals surface area contributed by atoms with Crippen LogP contribution in [-0.2, 0) is 10.2 Å². The molecule has 0 spiro atoms. The van der Waals surface area contributed by atoms with Crippen molar-refractivity contribution in [2.75, 3.05) is 16.4 Å². The first-order chi connectivity index (χ1) is 10.8. The van der Waals surface area contributed by atoms with Gasteiger partial charge in [0.1, 0.15) is 5.82 Å². The number of nitrogen functional groups attached to an aromatic ring is 1. The molecule has 1 aliphatic heterocycles. The van der Waals surface area contributed by atoms with Gasteiger partial charge in [0.2, 0.25) is 5.91 Å². The number of amides is 2. The molecule has 0 unspecified atom stereocenters. The second kappa shape index (κ2) is 5.08. The monoisotopic (exact) mass is 313 g/mol. The molecular formula is C17H16FN3O2. The summed E-state index contributed by atoms with van der Waals surface area (Å²) in [5.74, 6) is -0.958. The highest BCUT2D eigenvalue weighted by atomic mass is 19.1. The number of hydrogen-bond acceptors (Lipinski definition) is 3. The fraction of sp³-hybridized carbons (Fsp3) is 0.176. The van der Waals surface area contributed by atoms with Crippen LogP contribution in [0.2, 0.25) is 0 Å². The predicted molar refractivity (Wildman–Crippen MR) is 86.9 cm³/mol. The van der Waals surface area contributed by atoms with E-state index >= 15 is 0 Å². The Labute approximate surface area is 132 Å². The maximum atomic E-state index is 13.0. The van der Waals surface area contributed by atoms with Gasteiger partial charge in [-0.2, -0.15) is 0 Å². The smallest absolute Gasteiger partial charge is 0.255 e. The molecule has 6 heteroatoms. The lowest BCUT2D eigenvalue weighted by Crippen LogP contribution is -2.26. The highest BCUT2D eigenvalue weighted by Crippen LogP contribution is 2.37. The number of benzene rings is 2. The molecule has 4 N–H and O–H groups in total. The summed E-state index contributed by atoms with van der Waals surface area (Å²) in [7, 11) is 0. The lowest BCUT2D eigenvalue weighted by atomic mass is 9.86. The average molecular weight is 313 g/mol. The Bertz CT molecular complexity index is 831. The Morgan fingerprint density at radius 3 is 2.65 bits per heavy atom. The van der Waals surface area contributed by atoms with Gasteiger partial charge in [-0.1, -0.05) is 6.07 Å². The fourth-order valence-corrected chi connectivity index (χ4v) is 2.58. The van der Waals surface area contributed by atoms with Gasteiger partial charge in [-0.05, 0) is 49.7 Å². The molecule has 5 nitrogen and oxygen atoms in total. The summed E-state index contributed by atoms with van der Waals surface area (Å²) in [4.78, 5) is 24.3. The van der Waals surface area contributed by atoms with Crippen molar-refractivity contribution in [3.8, 4) is 0 Å². The zero-order chi connectivity index (χ0) is 16.8. The molecule has 0 atom stereocenters. The average Bonchev–Trinajstić information content (AvgIpc) is 2.71. The number of carbonyl (C=O) groups is 2. The highest BCUT2D eigenvalue weighted by Gasteiger charge is 2.38. The number of anilines is 3. The molecule has 0 saturated carbocycles. The molecule has 1 heterocycles. The van der Waals surface area contributed by atoms with Crippen molar-refractivity contribution >= 4 is 28.9 Å². The van der Waals surface area contributed by atoms with Crippen molar-refractivity contribution in [2.24, 2.45) is 0 Å². The Morgan fingerprint density at radius 2 is 1.96 bits per heavy atom. The van der Waals surface area contributed by atoms with Gasteiger partial charge in [0.05, 0.1) is 16.8 Å². The van der Waals surface area contributed by atoms with Crippen molar-refractivity contribution in [1.29, 1.82) is 0 Å². The van der Waals surface area contributed by atoms with Gasteiger partial charge in [-0.15, -0.1) is 0 Å². The lowest BCUT2D eigenvalue weighted by molar-refractivity contribution is -0.119. The van der Waals surface area contributed by atoms with Crippen LogP contribution in [0.15, 0.2) is 36.4 Å². The first-order valence-corrected chi connectivity index (χ1v) is 7.11. The van der Waals surface area contributed by atoms with Crippen molar-refractivity contribution < 1.29 is 14.0 Å². The van der Waals surface area contributed by atoms with Crippen molar-refractivity contribution in [3.05, 3.63) is 53.3 Å². The van der Waals surface area contributed by atoms with Gasteiger partial charge in [0.25, 0.3) is 5.91 Å². The molecule has 0 bridgehead atoms. The standard InChI is InChI=1S/C17H16FN3O2/c1-17(2)11-5-3-9(7-14(11)21-16(17)23)15(22)20-13-6-4-10(18)8-12(13)19/h3-8H,19H2,1-2H3,(H,20,22)(H,21,23). The Morgan fingerprint density at radius 1 is 1.22 bits per heavy atom. The normalized spacial score (nSPS) is 15.0. The van der Waals surface area contributed by atoms with E-state index in [1.54, 1.807) is 18.2 Å². The summed E-state index contributed by atoms with van der Waals surface area (Å²) in [6, 6.07) is 8.79. The Balaban J connectivity index is 1.87. The first kappa shape index (κ1) is 15.0. The fourth-order valence-electron chi connectivity index (χ4n) is 2.58. The van der Waals surface area contributed by atoms with Gasteiger partial charge >= 0.3 is 0 Å². The van der Waals surface area contributed by atoms with Crippen LogP contribution in [0.3, 0.4) is 0 Å².